The van der Waals surface area contributed by atoms with Crippen molar-refractivity contribution in [2.75, 3.05) is 19.8 Å². The average Bonchev–Trinajstić information content (AvgIpc) is 2.30. The molecule has 3 nitrogen and oxygen atoms in total. The molecule has 2 heterocycles. The highest BCUT2D eigenvalue weighted by Crippen LogP contribution is 2.26. The minimum atomic E-state index is 0.556. The summed E-state index contributed by atoms with van der Waals surface area (Å²) in [6.45, 7) is 9.94. The number of ether oxygens (including phenoxy) is 1. The van der Waals surface area contributed by atoms with E-state index in [0.717, 1.165) is 31.8 Å². The predicted molar refractivity (Wildman–Crippen MR) is 71.3 cm³/mol. The maximum Gasteiger partial charge on any atom is 0.0620 e. The zero-order chi connectivity index (χ0) is 12.3. The Morgan fingerprint density at radius 2 is 2.00 bits per heavy atom. The van der Waals surface area contributed by atoms with Crippen LogP contribution in [0.15, 0.2) is 0 Å². The Morgan fingerprint density at radius 3 is 2.59 bits per heavy atom. The number of hydrogen-bond acceptors (Lipinski definition) is 3. The Kier molecular flexibility index (Phi) is 4.83. The van der Waals surface area contributed by atoms with E-state index < -0.39 is 0 Å². The standard InChI is InChI=1S/C14H28N2O/c1-11-5-4-6-12(2)16(11)13(3)9-14-10-17-8-7-15-14/h11-15H,4-10H2,1-3H3. The molecule has 3 heteroatoms. The average molecular weight is 240 g/mol. The number of nitrogens with zero attached hydrogens (tertiary/aromatic N) is 1. The highest BCUT2D eigenvalue weighted by molar-refractivity contribution is 4.86. The van der Waals surface area contributed by atoms with Crippen molar-refractivity contribution in [1.29, 1.82) is 0 Å². The van der Waals surface area contributed by atoms with E-state index in [0.29, 0.717) is 12.1 Å². The highest BCUT2D eigenvalue weighted by atomic mass is 16.5. The fourth-order valence-corrected chi connectivity index (χ4v) is 3.61. The highest BCUT2D eigenvalue weighted by Gasteiger charge is 2.30. The summed E-state index contributed by atoms with van der Waals surface area (Å²) in [6, 6.07) is 2.72. The van der Waals surface area contributed by atoms with Crippen molar-refractivity contribution in [3.63, 3.8) is 0 Å². The largest absolute Gasteiger partial charge is 0.379 e. The van der Waals surface area contributed by atoms with Gasteiger partial charge in [-0.1, -0.05) is 6.42 Å². The first-order valence-corrected chi connectivity index (χ1v) is 7.27. The van der Waals surface area contributed by atoms with Gasteiger partial charge in [-0.3, -0.25) is 4.90 Å². The van der Waals surface area contributed by atoms with Crippen LogP contribution in [-0.4, -0.2) is 48.8 Å². The lowest BCUT2D eigenvalue weighted by Crippen LogP contribution is -2.52. The molecule has 4 unspecified atom stereocenters. The van der Waals surface area contributed by atoms with Crippen molar-refractivity contribution in [3.05, 3.63) is 0 Å². The quantitative estimate of drug-likeness (QED) is 0.817. The van der Waals surface area contributed by atoms with Gasteiger partial charge in [0.15, 0.2) is 0 Å². The van der Waals surface area contributed by atoms with E-state index in [1.54, 1.807) is 0 Å². The monoisotopic (exact) mass is 240 g/mol. The van der Waals surface area contributed by atoms with Gasteiger partial charge in [-0.2, -0.15) is 0 Å². The van der Waals surface area contributed by atoms with Gasteiger partial charge in [0.25, 0.3) is 0 Å². The number of hydrogen-bond donors (Lipinski definition) is 1. The second-order valence-corrected chi connectivity index (χ2v) is 5.89. The molecule has 0 spiro atoms. The topological polar surface area (TPSA) is 24.5 Å². The first-order chi connectivity index (χ1) is 8.18. The molecule has 0 aromatic rings. The van der Waals surface area contributed by atoms with Crippen molar-refractivity contribution in [3.8, 4) is 0 Å². The van der Waals surface area contributed by atoms with E-state index >= 15 is 0 Å². The fourth-order valence-electron chi connectivity index (χ4n) is 3.61. The Bertz CT molecular complexity index is 218. The molecule has 2 rings (SSSR count). The van der Waals surface area contributed by atoms with E-state index in [2.05, 4.69) is 31.0 Å². The lowest BCUT2D eigenvalue weighted by atomic mass is 9.93. The summed E-state index contributed by atoms with van der Waals surface area (Å²) in [4.78, 5) is 2.72. The molecule has 17 heavy (non-hydrogen) atoms. The molecule has 100 valence electrons. The van der Waals surface area contributed by atoms with Gasteiger partial charge in [0.2, 0.25) is 0 Å². The molecule has 0 amide bonds. The Labute approximate surface area is 106 Å². The molecular formula is C14H28N2O. The van der Waals surface area contributed by atoms with Crippen LogP contribution in [0.3, 0.4) is 0 Å². The van der Waals surface area contributed by atoms with Crippen LogP contribution in [0.1, 0.15) is 46.5 Å². The third-order valence-electron chi connectivity index (χ3n) is 4.39. The second-order valence-electron chi connectivity index (χ2n) is 5.89. The molecule has 0 radical (unpaired) electrons. The summed E-state index contributed by atoms with van der Waals surface area (Å²) < 4.78 is 5.54. The van der Waals surface area contributed by atoms with Crippen molar-refractivity contribution >= 4 is 0 Å². The zero-order valence-electron chi connectivity index (χ0n) is 11.6. The van der Waals surface area contributed by atoms with Gasteiger partial charge in [-0.15, -0.1) is 0 Å². The van der Waals surface area contributed by atoms with Crippen LogP contribution in [0.25, 0.3) is 0 Å². The summed E-state index contributed by atoms with van der Waals surface area (Å²) in [6.07, 6.45) is 5.34. The lowest BCUT2D eigenvalue weighted by Gasteiger charge is -2.44. The summed E-state index contributed by atoms with van der Waals surface area (Å²) in [5.74, 6) is 0. The van der Waals surface area contributed by atoms with E-state index in [9.17, 15) is 0 Å². The summed E-state index contributed by atoms with van der Waals surface area (Å²) >= 11 is 0. The maximum atomic E-state index is 5.54. The third kappa shape index (κ3) is 3.43. The molecule has 2 fully saturated rings. The zero-order valence-corrected chi connectivity index (χ0v) is 11.6. The SMILES string of the molecule is CC1CCCC(C)N1C(C)CC1COCCN1. The molecular weight excluding hydrogens is 212 g/mol. The van der Waals surface area contributed by atoms with E-state index in [1.807, 2.05) is 0 Å². The molecule has 0 saturated carbocycles. The maximum absolute atomic E-state index is 5.54. The number of rotatable bonds is 3. The van der Waals surface area contributed by atoms with Crippen LogP contribution in [0, 0.1) is 0 Å². The van der Waals surface area contributed by atoms with Crippen molar-refractivity contribution in [2.45, 2.75) is 70.6 Å². The van der Waals surface area contributed by atoms with Gasteiger partial charge in [0, 0.05) is 30.7 Å². The van der Waals surface area contributed by atoms with Crippen LogP contribution in [-0.2, 0) is 4.74 Å². The van der Waals surface area contributed by atoms with Crippen LogP contribution >= 0.6 is 0 Å². The lowest BCUT2D eigenvalue weighted by molar-refractivity contribution is 0.0295. The van der Waals surface area contributed by atoms with Gasteiger partial charge >= 0.3 is 0 Å². The molecule has 2 saturated heterocycles. The number of likely N-dealkylation sites (tertiary alicyclic amines) is 1. The Balaban J connectivity index is 1.86. The van der Waals surface area contributed by atoms with Crippen molar-refractivity contribution < 1.29 is 4.74 Å². The first kappa shape index (κ1) is 13.3. The van der Waals surface area contributed by atoms with Crippen LogP contribution in [0.5, 0.6) is 0 Å². The fraction of sp³-hybridized carbons (Fsp3) is 1.00. The Hall–Kier alpha value is -0.120. The molecule has 2 aliphatic heterocycles. The smallest absolute Gasteiger partial charge is 0.0620 e. The first-order valence-electron chi connectivity index (χ1n) is 7.27. The number of nitrogens with one attached hydrogen (secondary N) is 1. The molecule has 0 aromatic carbocycles. The normalized spacial score (nSPS) is 37.9. The Morgan fingerprint density at radius 1 is 1.29 bits per heavy atom. The van der Waals surface area contributed by atoms with Gasteiger partial charge in [0.1, 0.15) is 0 Å². The molecule has 1 N–H and O–H groups in total. The molecule has 0 aliphatic carbocycles. The minimum Gasteiger partial charge on any atom is -0.379 e. The summed E-state index contributed by atoms with van der Waals surface area (Å²) in [5.41, 5.74) is 0. The van der Waals surface area contributed by atoms with Gasteiger partial charge in [-0.05, 0) is 40.0 Å². The van der Waals surface area contributed by atoms with E-state index in [4.69, 9.17) is 4.74 Å². The van der Waals surface area contributed by atoms with E-state index in [-0.39, 0.29) is 0 Å². The van der Waals surface area contributed by atoms with Gasteiger partial charge in [-0.25, -0.2) is 0 Å². The van der Waals surface area contributed by atoms with Gasteiger partial charge < -0.3 is 10.1 Å². The van der Waals surface area contributed by atoms with Crippen LogP contribution in [0.2, 0.25) is 0 Å². The molecule has 0 bridgehead atoms. The van der Waals surface area contributed by atoms with E-state index in [1.165, 1.54) is 25.7 Å². The third-order valence-corrected chi connectivity index (χ3v) is 4.39. The number of piperidine rings is 1. The van der Waals surface area contributed by atoms with Crippen LogP contribution in [0.4, 0.5) is 0 Å². The molecule has 0 aromatic heterocycles. The number of morpholine rings is 1. The predicted octanol–water partition coefficient (Wildman–Crippen LogP) is 2.02. The van der Waals surface area contributed by atoms with Gasteiger partial charge in [0.05, 0.1) is 13.2 Å². The molecule has 2 aliphatic rings. The summed E-state index contributed by atoms with van der Waals surface area (Å²) in [7, 11) is 0. The minimum absolute atomic E-state index is 0.556. The second kappa shape index (κ2) is 6.17. The van der Waals surface area contributed by atoms with Crippen molar-refractivity contribution in [2.24, 2.45) is 0 Å². The summed E-state index contributed by atoms with van der Waals surface area (Å²) in [5, 5.41) is 3.57. The molecule has 4 atom stereocenters. The van der Waals surface area contributed by atoms with Crippen LogP contribution < -0.4 is 5.32 Å². The van der Waals surface area contributed by atoms with Crippen molar-refractivity contribution in [1.82, 2.24) is 10.2 Å².